The molecule has 0 spiro atoms. The molecule has 1 heterocycles. The fraction of sp³-hybridized carbons (Fsp3) is 0.444. The van der Waals surface area contributed by atoms with Crippen LogP contribution in [-0.2, 0) is 4.74 Å². The van der Waals surface area contributed by atoms with Crippen molar-refractivity contribution in [2.75, 3.05) is 24.7 Å². The van der Waals surface area contributed by atoms with Gasteiger partial charge in [-0.25, -0.2) is 4.98 Å². The number of aromatic nitrogens is 1. The Bertz CT molecular complexity index is 265. The molecule has 0 fully saturated rings. The Hall–Kier alpha value is -1.29. The Morgan fingerprint density at radius 1 is 1.69 bits per heavy atom. The summed E-state index contributed by atoms with van der Waals surface area (Å²) in [4.78, 5) is 4.10. The Morgan fingerprint density at radius 2 is 2.46 bits per heavy atom. The van der Waals surface area contributed by atoms with Gasteiger partial charge in [0.1, 0.15) is 5.82 Å². The summed E-state index contributed by atoms with van der Waals surface area (Å²) in [5.74, 6) is 0.781. The first kappa shape index (κ1) is 9.80. The van der Waals surface area contributed by atoms with Crippen LogP contribution in [0.25, 0.3) is 0 Å². The average Bonchev–Trinajstić information content (AvgIpc) is 2.14. The second kappa shape index (κ2) is 4.67. The zero-order valence-corrected chi connectivity index (χ0v) is 7.95. The number of nitrogens with two attached hydrogens (primary N) is 1. The van der Waals surface area contributed by atoms with Gasteiger partial charge < -0.3 is 15.8 Å². The van der Waals surface area contributed by atoms with Crippen LogP contribution in [0, 0.1) is 0 Å². The van der Waals surface area contributed by atoms with Crippen molar-refractivity contribution in [3.05, 3.63) is 18.3 Å². The van der Waals surface area contributed by atoms with Crippen molar-refractivity contribution in [2.24, 2.45) is 0 Å². The van der Waals surface area contributed by atoms with Crippen molar-refractivity contribution in [3.63, 3.8) is 0 Å². The zero-order chi connectivity index (χ0) is 9.68. The van der Waals surface area contributed by atoms with E-state index >= 15 is 0 Å². The van der Waals surface area contributed by atoms with E-state index in [-0.39, 0.29) is 6.10 Å². The molecule has 0 saturated carbocycles. The van der Waals surface area contributed by atoms with Crippen LogP contribution in [0.15, 0.2) is 18.3 Å². The molecule has 4 heteroatoms. The Balaban J connectivity index is 2.45. The molecule has 3 N–H and O–H groups in total. The smallest absolute Gasteiger partial charge is 0.128 e. The molecule has 1 unspecified atom stereocenters. The van der Waals surface area contributed by atoms with Gasteiger partial charge in [-0.1, -0.05) is 0 Å². The molecule has 0 aliphatic carbocycles. The van der Waals surface area contributed by atoms with Gasteiger partial charge in [0.25, 0.3) is 0 Å². The van der Waals surface area contributed by atoms with E-state index in [2.05, 4.69) is 10.3 Å². The van der Waals surface area contributed by atoms with Crippen LogP contribution in [0.4, 0.5) is 11.5 Å². The molecular weight excluding hydrogens is 166 g/mol. The maximum atomic E-state index is 5.59. The molecule has 0 radical (unpaired) electrons. The van der Waals surface area contributed by atoms with Gasteiger partial charge >= 0.3 is 0 Å². The van der Waals surface area contributed by atoms with Crippen molar-refractivity contribution in [3.8, 4) is 0 Å². The number of anilines is 2. The highest BCUT2D eigenvalue weighted by molar-refractivity contribution is 5.48. The minimum absolute atomic E-state index is 0.170. The van der Waals surface area contributed by atoms with E-state index in [0.29, 0.717) is 5.69 Å². The largest absolute Gasteiger partial charge is 0.399 e. The second-order valence-electron chi connectivity index (χ2n) is 2.90. The van der Waals surface area contributed by atoms with Gasteiger partial charge in [0, 0.05) is 31.6 Å². The number of pyridine rings is 1. The lowest BCUT2D eigenvalue weighted by Crippen LogP contribution is -2.18. The van der Waals surface area contributed by atoms with Crippen molar-refractivity contribution in [1.82, 2.24) is 4.98 Å². The molecule has 0 aromatic carbocycles. The van der Waals surface area contributed by atoms with Gasteiger partial charge in [-0.05, 0) is 13.0 Å². The van der Waals surface area contributed by atoms with Crippen LogP contribution in [0.2, 0.25) is 0 Å². The maximum absolute atomic E-state index is 5.59. The number of ether oxygens (including phenoxy) is 1. The normalized spacial score (nSPS) is 12.5. The van der Waals surface area contributed by atoms with E-state index in [0.717, 1.165) is 12.4 Å². The molecule has 0 aliphatic heterocycles. The number of hydrogen-bond acceptors (Lipinski definition) is 4. The van der Waals surface area contributed by atoms with E-state index in [1.54, 1.807) is 25.4 Å². The summed E-state index contributed by atoms with van der Waals surface area (Å²) >= 11 is 0. The molecule has 0 saturated heterocycles. The summed E-state index contributed by atoms with van der Waals surface area (Å²) in [6.45, 7) is 2.71. The number of nitrogen functional groups attached to an aromatic ring is 1. The maximum Gasteiger partial charge on any atom is 0.128 e. The zero-order valence-electron chi connectivity index (χ0n) is 7.95. The number of nitrogens with zero attached hydrogens (tertiary/aromatic N) is 1. The molecule has 1 atom stereocenters. The number of hydrogen-bond donors (Lipinski definition) is 2. The van der Waals surface area contributed by atoms with Crippen molar-refractivity contribution < 1.29 is 4.74 Å². The third kappa shape index (κ3) is 3.29. The van der Waals surface area contributed by atoms with Crippen LogP contribution in [0.5, 0.6) is 0 Å². The Kier molecular flexibility index (Phi) is 3.52. The predicted octanol–water partition coefficient (Wildman–Crippen LogP) is 1.11. The van der Waals surface area contributed by atoms with Crippen LogP contribution < -0.4 is 11.1 Å². The highest BCUT2D eigenvalue weighted by Gasteiger charge is 1.99. The highest BCUT2D eigenvalue weighted by atomic mass is 16.5. The summed E-state index contributed by atoms with van der Waals surface area (Å²) in [5.41, 5.74) is 6.30. The molecule has 13 heavy (non-hydrogen) atoms. The van der Waals surface area contributed by atoms with Gasteiger partial charge in [-0.3, -0.25) is 0 Å². The van der Waals surface area contributed by atoms with Crippen molar-refractivity contribution in [2.45, 2.75) is 13.0 Å². The summed E-state index contributed by atoms with van der Waals surface area (Å²) in [7, 11) is 1.68. The first-order chi connectivity index (χ1) is 6.22. The monoisotopic (exact) mass is 181 g/mol. The molecule has 1 aromatic heterocycles. The lowest BCUT2D eigenvalue weighted by Gasteiger charge is -2.11. The molecule has 1 rings (SSSR count). The standard InChI is InChI=1S/C9H15N3O/c1-7(13-2)6-12-9-5-8(10)3-4-11-9/h3-5,7H,6H2,1-2H3,(H3,10,11,12). The molecule has 72 valence electrons. The van der Waals surface area contributed by atoms with Crippen LogP contribution in [0.1, 0.15) is 6.92 Å². The minimum Gasteiger partial charge on any atom is -0.399 e. The van der Waals surface area contributed by atoms with Gasteiger partial charge in [-0.15, -0.1) is 0 Å². The summed E-state index contributed by atoms with van der Waals surface area (Å²) in [6, 6.07) is 3.55. The van der Waals surface area contributed by atoms with Gasteiger partial charge in [0.15, 0.2) is 0 Å². The van der Waals surface area contributed by atoms with E-state index in [9.17, 15) is 0 Å². The van der Waals surface area contributed by atoms with Gasteiger partial charge in [0.05, 0.1) is 6.10 Å². The minimum atomic E-state index is 0.170. The fourth-order valence-electron chi connectivity index (χ4n) is 0.875. The Labute approximate surface area is 78.1 Å². The third-order valence-corrected chi connectivity index (χ3v) is 1.76. The number of nitrogens with one attached hydrogen (secondary N) is 1. The third-order valence-electron chi connectivity index (χ3n) is 1.76. The lowest BCUT2D eigenvalue weighted by atomic mass is 10.3. The quantitative estimate of drug-likeness (QED) is 0.730. The van der Waals surface area contributed by atoms with Crippen LogP contribution in [-0.4, -0.2) is 24.7 Å². The molecule has 0 aliphatic rings. The summed E-state index contributed by atoms with van der Waals surface area (Å²) in [6.07, 6.45) is 1.85. The number of rotatable bonds is 4. The first-order valence-corrected chi connectivity index (χ1v) is 4.20. The molecule has 1 aromatic rings. The highest BCUT2D eigenvalue weighted by Crippen LogP contribution is 2.07. The van der Waals surface area contributed by atoms with E-state index in [4.69, 9.17) is 10.5 Å². The molecule has 0 amide bonds. The van der Waals surface area contributed by atoms with E-state index in [1.807, 2.05) is 6.92 Å². The van der Waals surface area contributed by atoms with Gasteiger partial charge in [0.2, 0.25) is 0 Å². The fourth-order valence-corrected chi connectivity index (χ4v) is 0.875. The number of methoxy groups -OCH3 is 1. The average molecular weight is 181 g/mol. The van der Waals surface area contributed by atoms with Crippen LogP contribution in [0.3, 0.4) is 0 Å². The summed E-state index contributed by atoms with van der Waals surface area (Å²) in [5, 5.41) is 3.12. The van der Waals surface area contributed by atoms with Crippen molar-refractivity contribution in [1.29, 1.82) is 0 Å². The molecular formula is C9H15N3O. The first-order valence-electron chi connectivity index (χ1n) is 4.20. The lowest BCUT2D eigenvalue weighted by molar-refractivity contribution is 0.128. The summed E-state index contributed by atoms with van der Waals surface area (Å²) < 4.78 is 5.08. The Morgan fingerprint density at radius 3 is 3.08 bits per heavy atom. The SMILES string of the molecule is COC(C)CNc1cc(N)ccn1. The predicted molar refractivity (Wildman–Crippen MR) is 53.6 cm³/mol. The van der Waals surface area contributed by atoms with Crippen molar-refractivity contribution >= 4 is 11.5 Å². The van der Waals surface area contributed by atoms with Gasteiger partial charge in [-0.2, -0.15) is 0 Å². The van der Waals surface area contributed by atoms with Crippen LogP contribution >= 0.6 is 0 Å². The van der Waals surface area contributed by atoms with E-state index < -0.39 is 0 Å². The molecule has 4 nitrogen and oxygen atoms in total. The topological polar surface area (TPSA) is 60.2 Å². The molecule has 0 bridgehead atoms. The van der Waals surface area contributed by atoms with E-state index in [1.165, 1.54) is 0 Å². The second-order valence-corrected chi connectivity index (χ2v) is 2.90.